The van der Waals surface area contributed by atoms with Gasteiger partial charge in [-0.2, -0.15) is 0 Å². The minimum Gasteiger partial charge on any atom is -0.497 e. The number of halogens is 2. The molecular weight excluding hydrogens is 325 g/mol. The Kier molecular flexibility index (Phi) is 5.69. The van der Waals surface area contributed by atoms with E-state index in [1.807, 2.05) is 0 Å². The van der Waals surface area contributed by atoms with Crippen LogP contribution in [0.15, 0.2) is 47.4 Å². The number of carbonyl (C=O) groups excluding carboxylic acids is 1. The van der Waals surface area contributed by atoms with Gasteiger partial charge in [-0.15, -0.1) is 11.8 Å². The number of methoxy groups -OCH3 is 1. The molecule has 0 heterocycles. The number of thioether (sulfide) groups is 1. The zero-order valence-corrected chi connectivity index (χ0v) is 13.7. The van der Waals surface area contributed by atoms with E-state index in [4.69, 9.17) is 16.3 Å². The molecule has 0 spiro atoms. The van der Waals surface area contributed by atoms with E-state index in [0.717, 1.165) is 10.6 Å². The first-order valence-electron chi connectivity index (χ1n) is 6.56. The van der Waals surface area contributed by atoms with Crippen molar-refractivity contribution in [3.05, 3.63) is 53.3 Å². The van der Waals surface area contributed by atoms with Crippen molar-refractivity contribution in [1.82, 2.24) is 0 Å². The summed E-state index contributed by atoms with van der Waals surface area (Å²) >= 11 is 7.05. The van der Waals surface area contributed by atoms with Gasteiger partial charge in [0, 0.05) is 10.6 Å². The topological polar surface area (TPSA) is 38.3 Å². The smallest absolute Gasteiger partial charge is 0.237 e. The van der Waals surface area contributed by atoms with Gasteiger partial charge in [-0.1, -0.05) is 11.6 Å². The molecule has 0 saturated carbocycles. The second kappa shape index (κ2) is 7.51. The average Bonchev–Trinajstić information content (AvgIpc) is 2.51. The molecule has 3 nitrogen and oxygen atoms in total. The van der Waals surface area contributed by atoms with Crippen molar-refractivity contribution >= 4 is 35.0 Å². The Hall–Kier alpha value is -1.72. The Labute approximate surface area is 137 Å². The van der Waals surface area contributed by atoms with E-state index in [1.54, 1.807) is 44.4 Å². The van der Waals surface area contributed by atoms with Crippen molar-refractivity contribution in [3.8, 4) is 5.75 Å². The summed E-state index contributed by atoms with van der Waals surface area (Å²) in [6, 6.07) is 11.5. The lowest BCUT2D eigenvalue weighted by atomic mass is 10.3. The highest BCUT2D eigenvalue weighted by molar-refractivity contribution is 8.00. The monoisotopic (exact) mass is 339 g/mol. The maximum absolute atomic E-state index is 13.1. The number of rotatable bonds is 5. The zero-order valence-electron chi connectivity index (χ0n) is 12.1. The molecule has 116 valence electrons. The lowest BCUT2D eigenvalue weighted by Gasteiger charge is -2.12. The molecule has 1 amide bonds. The number of amides is 1. The lowest BCUT2D eigenvalue weighted by Crippen LogP contribution is -2.22. The van der Waals surface area contributed by atoms with Crippen LogP contribution in [0, 0.1) is 5.82 Å². The van der Waals surface area contributed by atoms with Gasteiger partial charge in [0.2, 0.25) is 5.91 Å². The van der Waals surface area contributed by atoms with Gasteiger partial charge in [0.1, 0.15) is 11.6 Å². The molecular formula is C16H15ClFNO2S. The normalized spacial score (nSPS) is 11.8. The predicted octanol–water partition coefficient (Wildman–Crippen LogP) is 4.61. The Bertz CT molecular complexity index is 664. The fourth-order valence-electron chi connectivity index (χ4n) is 1.73. The van der Waals surface area contributed by atoms with Crippen LogP contribution in [0.3, 0.4) is 0 Å². The fourth-order valence-corrected chi connectivity index (χ4v) is 2.88. The summed E-state index contributed by atoms with van der Waals surface area (Å²) < 4.78 is 18.2. The number of ether oxygens (including phenoxy) is 1. The Morgan fingerprint density at radius 1 is 1.27 bits per heavy atom. The van der Waals surface area contributed by atoms with Crippen LogP contribution in [0.2, 0.25) is 5.02 Å². The van der Waals surface area contributed by atoms with Crippen LogP contribution in [0.4, 0.5) is 10.1 Å². The van der Waals surface area contributed by atoms with Crippen molar-refractivity contribution in [2.75, 3.05) is 12.4 Å². The van der Waals surface area contributed by atoms with Gasteiger partial charge in [0.15, 0.2) is 0 Å². The maximum atomic E-state index is 13.1. The molecule has 6 heteroatoms. The summed E-state index contributed by atoms with van der Waals surface area (Å²) in [6.45, 7) is 1.78. The number of nitrogens with one attached hydrogen (secondary N) is 1. The van der Waals surface area contributed by atoms with Crippen molar-refractivity contribution in [3.63, 3.8) is 0 Å². The van der Waals surface area contributed by atoms with Crippen LogP contribution >= 0.6 is 23.4 Å². The fraction of sp³-hybridized carbons (Fsp3) is 0.188. The minimum atomic E-state index is -0.471. The first-order valence-corrected chi connectivity index (χ1v) is 7.82. The van der Waals surface area contributed by atoms with Crippen LogP contribution < -0.4 is 10.1 Å². The van der Waals surface area contributed by atoms with Crippen molar-refractivity contribution in [2.24, 2.45) is 0 Å². The maximum Gasteiger partial charge on any atom is 0.237 e. The van der Waals surface area contributed by atoms with Crippen LogP contribution in [-0.4, -0.2) is 18.3 Å². The van der Waals surface area contributed by atoms with E-state index in [2.05, 4.69) is 5.32 Å². The molecule has 0 aromatic heterocycles. The standard InChI is InChI=1S/C16H15ClFNO2S/c1-10(22-13-7-8-15(18)14(17)9-13)16(20)19-11-3-5-12(21-2)6-4-11/h3-10H,1-2H3,(H,19,20)/t10-/m1/s1. The van der Waals surface area contributed by atoms with Gasteiger partial charge in [-0.25, -0.2) is 4.39 Å². The van der Waals surface area contributed by atoms with Gasteiger partial charge >= 0.3 is 0 Å². The summed E-state index contributed by atoms with van der Waals surface area (Å²) in [7, 11) is 1.58. The van der Waals surface area contributed by atoms with E-state index in [0.29, 0.717) is 5.69 Å². The largest absolute Gasteiger partial charge is 0.497 e. The van der Waals surface area contributed by atoms with Crippen LogP contribution in [0.1, 0.15) is 6.92 Å². The molecule has 0 fully saturated rings. The number of hydrogen-bond donors (Lipinski definition) is 1. The molecule has 0 radical (unpaired) electrons. The third-order valence-corrected chi connectivity index (χ3v) is 4.31. The van der Waals surface area contributed by atoms with Crippen molar-refractivity contribution < 1.29 is 13.9 Å². The van der Waals surface area contributed by atoms with Crippen LogP contribution in [0.5, 0.6) is 5.75 Å². The van der Waals surface area contributed by atoms with E-state index < -0.39 is 5.82 Å². The minimum absolute atomic E-state index is 0.0489. The van der Waals surface area contributed by atoms with Crippen molar-refractivity contribution in [2.45, 2.75) is 17.1 Å². The first-order chi connectivity index (χ1) is 10.5. The summed E-state index contributed by atoms with van der Waals surface area (Å²) in [5, 5.41) is 2.52. The summed E-state index contributed by atoms with van der Waals surface area (Å²) in [4.78, 5) is 12.9. The summed E-state index contributed by atoms with van der Waals surface area (Å²) in [5.41, 5.74) is 0.690. The number of carbonyl (C=O) groups is 1. The van der Waals surface area contributed by atoms with Gasteiger partial charge in [0.05, 0.1) is 17.4 Å². The van der Waals surface area contributed by atoms with E-state index in [9.17, 15) is 9.18 Å². The van der Waals surface area contributed by atoms with E-state index in [1.165, 1.54) is 23.9 Å². The highest BCUT2D eigenvalue weighted by atomic mass is 35.5. The Balaban J connectivity index is 1.97. The molecule has 22 heavy (non-hydrogen) atoms. The lowest BCUT2D eigenvalue weighted by molar-refractivity contribution is -0.115. The SMILES string of the molecule is COc1ccc(NC(=O)[C@@H](C)Sc2ccc(F)c(Cl)c2)cc1. The Morgan fingerprint density at radius 3 is 2.55 bits per heavy atom. The average molecular weight is 340 g/mol. The van der Waals surface area contributed by atoms with Gasteiger partial charge in [0.25, 0.3) is 0 Å². The van der Waals surface area contributed by atoms with Crippen LogP contribution in [0.25, 0.3) is 0 Å². The molecule has 0 aliphatic heterocycles. The van der Waals surface area contributed by atoms with Gasteiger partial charge in [-0.05, 0) is 49.4 Å². The highest BCUT2D eigenvalue weighted by Gasteiger charge is 2.15. The second-order valence-corrected chi connectivity index (χ2v) is 6.38. The van der Waals surface area contributed by atoms with Gasteiger partial charge < -0.3 is 10.1 Å². The molecule has 0 aliphatic carbocycles. The van der Waals surface area contributed by atoms with E-state index in [-0.39, 0.29) is 16.2 Å². The molecule has 1 atom stereocenters. The third kappa shape index (κ3) is 4.39. The molecule has 1 N–H and O–H groups in total. The molecule has 0 bridgehead atoms. The molecule has 0 unspecified atom stereocenters. The molecule has 0 aliphatic rings. The zero-order chi connectivity index (χ0) is 16.1. The third-order valence-electron chi connectivity index (χ3n) is 2.93. The summed E-state index contributed by atoms with van der Waals surface area (Å²) in [5.74, 6) is 0.110. The van der Waals surface area contributed by atoms with Crippen LogP contribution in [-0.2, 0) is 4.79 Å². The van der Waals surface area contributed by atoms with E-state index >= 15 is 0 Å². The predicted molar refractivity (Wildman–Crippen MR) is 88.4 cm³/mol. The highest BCUT2D eigenvalue weighted by Crippen LogP contribution is 2.28. The summed E-state index contributed by atoms with van der Waals surface area (Å²) in [6.07, 6.45) is 0. The molecule has 2 aromatic carbocycles. The molecule has 2 aromatic rings. The number of hydrogen-bond acceptors (Lipinski definition) is 3. The number of benzene rings is 2. The van der Waals surface area contributed by atoms with Gasteiger partial charge in [-0.3, -0.25) is 4.79 Å². The number of anilines is 1. The first kappa shape index (κ1) is 16.6. The second-order valence-electron chi connectivity index (χ2n) is 4.55. The molecule has 2 rings (SSSR count). The Morgan fingerprint density at radius 2 is 1.95 bits per heavy atom. The van der Waals surface area contributed by atoms with Crippen molar-refractivity contribution in [1.29, 1.82) is 0 Å². The quantitative estimate of drug-likeness (QED) is 0.808. The molecule has 0 saturated heterocycles.